The number of nitrogens with zero attached hydrogens (tertiary/aromatic N) is 4. The van der Waals surface area contributed by atoms with Gasteiger partial charge in [-0.25, -0.2) is 4.98 Å². The number of fused-ring (bicyclic) bond motifs is 2. The molecule has 0 radical (unpaired) electrons. The molecule has 2 fully saturated rings. The van der Waals surface area contributed by atoms with Crippen LogP contribution in [0.2, 0.25) is 0 Å². The van der Waals surface area contributed by atoms with Crippen molar-refractivity contribution in [1.29, 1.82) is 0 Å². The summed E-state index contributed by atoms with van der Waals surface area (Å²) < 4.78 is 7.27. The van der Waals surface area contributed by atoms with Crippen LogP contribution in [0.25, 0.3) is 22.4 Å². The number of nitrogens with one attached hydrogen (secondary N) is 1. The summed E-state index contributed by atoms with van der Waals surface area (Å²) in [5, 5.41) is 6.05. The zero-order valence-corrected chi connectivity index (χ0v) is 16.9. The van der Waals surface area contributed by atoms with Gasteiger partial charge in [0.25, 0.3) is 0 Å². The van der Waals surface area contributed by atoms with E-state index in [0.717, 1.165) is 48.3 Å². The van der Waals surface area contributed by atoms with E-state index >= 15 is 0 Å². The summed E-state index contributed by atoms with van der Waals surface area (Å²) in [4.78, 5) is 10.9. The summed E-state index contributed by atoms with van der Waals surface area (Å²) >= 11 is 0. The minimum atomic E-state index is 0.319. The number of H-pyrrole nitrogens is 1. The van der Waals surface area contributed by atoms with E-state index in [1.165, 1.54) is 24.3 Å². The number of rotatable bonds is 7. The van der Waals surface area contributed by atoms with E-state index in [4.69, 9.17) is 14.8 Å². The molecule has 0 amide bonds. The fourth-order valence-corrected chi connectivity index (χ4v) is 4.97. The Balaban J connectivity index is 1.33. The molecule has 148 valence electrons. The predicted octanol–water partition coefficient (Wildman–Crippen LogP) is 3.69. The fraction of sp³-hybridized carbons (Fsp3) is 0.545. The van der Waals surface area contributed by atoms with Crippen LogP contribution in [0.3, 0.4) is 0 Å². The minimum absolute atomic E-state index is 0.319. The first-order valence-corrected chi connectivity index (χ1v) is 10.4. The lowest BCUT2D eigenvalue weighted by molar-refractivity contribution is 0.175. The summed E-state index contributed by atoms with van der Waals surface area (Å²) in [6.45, 7) is 8.76. The van der Waals surface area contributed by atoms with Crippen molar-refractivity contribution in [3.63, 3.8) is 0 Å². The summed E-state index contributed by atoms with van der Waals surface area (Å²) in [5.74, 6) is 3.09. The molecule has 1 aliphatic heterocycles. The standard InChI is InChI=1S/C22H29N5O/c1-14(2)27-19-8-5-4-7-15(19)21(25-27)22-23-11-18(24-22)20-16-12-26(13-17(16)20)9-6-10-28-3/h4-5,7-8,11,14,16-17,20H,6,9-10,12-13H2,1-3H3,(H,23,24). The maximum atomic E-state index is 5.17. The minimum Gasteiger partial charge on any atom is -0.385 e. The summed E-state index contributed by atoms with van der Waals surface area (Å²) in [7, 11) is 1.78. The van der Waals surface area contributed by atoms with Crippen molar-refractivity contribution < 1.29 is 4.74 Å². The second kappa shape index (κ2) is 7.01. The Morgan fingerprint density at radius 1 is 1.21 bits per heavy atom. The molecule has 3 heterocycles. The SMILES string of the molecule is COCCCN1CC2C(C1)C2c1cnc(-c2nn(C(C)C)c3ccccc23)[nH]1. The van der Waals surface area contributed by atoms with Gasteiger partial charge in [-0.05, 0) is 38.2 Å². The zero-order chi connectivity index (χ0) is 19.3. The first-order chi connectivity index (χ1) is 13.7. The average molecular weight is 380 g/mol. The van der Waals surface area contributed by atoms with Gasteiger partial charge in [0.2, 0.25) is 0 Å². The van der Waals surface area contributed by atoms with E-state index in [1.807, 2.05) is 6.20 Å². The van der Waals surface area contributed by atoms with Crippen LogP contribution < -0.4 is 0 Å². The van der Waals surface area contributed by atoms with Crippen molar-refractivity contribution in [3.8, 4) is 11.5 Å². The molecule has 6 nitrogen and oxygen atoms in total. The van der Waals surface area contributed by atoms with Gasteiger partial charge in [-0.2, -0.15) is 5.10 Å². The molecule has 0 spiro atoms. The Kier molecular flexibility index (Phi) is 4.48. The maximum Gasteiger partial charge on any atom is 0.158 e. The normalized spacial score (nSPS) is 24.4. The van der Waals surface area contributed by atoms with Gasteiger partial charge >= 0.3 is 0 Å². The van der Waals surface area contributed by atoms with E-state index in [0.29, 0.717) is 12.0 Å². The van der Waals surface area contributed by atoms with Gasteiger partial charge in [0, 0.05) is 62.6 Å². The number of hydrogen-bond donors (Lipinski definition) is 1. The molecule has 2 aliphatic rings. The third-order valence-electron chi connectivity index (χ3n) is 6.37. The smallest absolute Gasteiger partial charge is 0.158 e. The lowest BCUT2D eigenvalue weighted by atomic mass is 10.2. The van der Waals surface area contributed by atoms with Crippen LogP contribution in [0.5, 0.6) is 0 Å². The molecule has 1 aromatic carbocycles. The summed E-state index contributed by atoms with van der Waals surface area (Å²) in [5.41, 5.74) is 3.41. The Morgan fingerprint density at radius 3 is 2.75 bits per heavy atom. The molecule has 5 rings (SSSR count). The predicted molar refractivity (Wildman–Crippen MR) is 110 cm³/mol. The van der Waals surface area contributed by atoms with Gasteiger partial charge in [0.05, 0.1) is 5.52 Å². The second-order valence-corrected chi connectivity index (χ2v) is 8.55. The van der Waals surface area contributed by atoms with Gasteiger partial charge in [0.1, 0.15) is 5.69 Å². The van der Waals surface area contributed by atoms with E-state index in [1.54, 1.807) is 7.11 Å². The lowest BCUT2D eigenvalue weighted by Crippen LogP contribution is -2.26. The summed E-state index contributed by atoms with van der Waals surface area (Å²) in [6, 6.07) is 8.75. The molecule has 6 heteroatoms. The zero-order valence-electron chi connectivity index (χ0n) is 16.9. The van der Waals surface area contributed by atoms with Crippen LogP contribution in [-0.4, -0.2) is 58.0 Å². The first kappa shape index (κ1) is 17.9. The fourth-order valence-electron chi connectivity index (χ4n) is 4.97. The number of aromatic amines is 1. The van der Waals surface area contributed by atoms with Crippen LogP contribution in [0.15, 0.2) is 30.5 Å². The highest BCUT2D eigenvalue weighted by molar-refractivity contribution is 5.91. The third-order valence-corrected chi connectivity index (χ3v) is 6.37. The molecule has 1 aliphatic carbocycles. The van der Waals surface area contributed by atoms with Gasteiger partial charge in [-0.1, -0.05) is 18.2 Å². The van der Waals surface area contributed by atoms with Crippen LogP contribution in [0.4, 0.5) is 0 Å². The topological polar surface area (TPSA) is 59.0 Å². The van der Waals surface area contributed by atoms with E-state index in [-0.39, 0.29) is 0 Å². The molecule has 1 N–H and O–H groups in total. The molecule has 28 heavy (non-hydrogen) atoms. The number of para-hydroxylation sites is 1. The first-order valence-electron chi connectivity index (χ1n) is 10.4. The van der Waals surface area contributed by atoms with Crippen LogP contribution in [0.1, 0.15) is 37.9 Å². The van der Waals surface area contributed by atoms with Crippen molar-refractivity contribution in [2.75, 3.05) is 33.4 Å². The highest BCUT2D eigenvalue weighted by atomic mass is 16.5. The van der Waals surface area contributed by atoms with Crippen molar-refractivity contribution in [3.05, 3.63) is 36.2 Å². The molecular formula is C22H29N5O. The monoisotopic (exact) mass is 379 g/mol. The van der Waals surface area contributed by atoms with Crippen molar-refractivity contribution in [1.82, 2.24) is 24.6 Å². The van der Waals surface area contributed by atoms with Crippen LogP contribution >= 0.6 is 0 Å². The van der Waals surface area contributed by atoms with Gasteiger partial charge in [0.15, 0.2) is 5.82 Å². The molecule has 3 aromatic rings. The van der Waals surface area contributed by atoms with Crippen molar-refractivity contribution >= 4 is 10.9 Å². The molecule has 1 saturated heterocycles. The quantitative estimate of drug-likeness (QED) is 0.636. The average Bonchev–Trinajstić information content (AvgIpc) is 3.13. The number of aromatic nitrogens is 4. The largest absolute Gasteiger partial charge is 0.385 e. The van der Waals surface area contributed by atoms with Gasteiger partial charge in [-0.3, -0.25) is 4.68 Å². The Hall–Kier alpha value is -2.18. The van der Waals surface area contributed by atoms with Crippen molar-refractivity contribution in [2.45, 2.75) is 32.2 Å². The molecule has 0 bridgehead atoms. The van der Waals surface area contributed by atoms with Gasteiger partial charge < -0.3 is 14.6 Å². The number of likely N-dealkylation sites (tertiary alicyclic amines) is 1. The third kappa shape index (κ3) is 2.95. The van der Waals surface area contributed by atoms with Gasteiger partial charge in [-0.15, -0.1) is 0 Å². The Bertz CT molecular complexity index is 962. The molecular weight excluding hydrogens is 350 g/mol. The Morgan fingerprint density at radius 2 is 2.00 bits per heavy atom. The molecule has 1 saturated carbocycles. The maximum absolute atomic E-state index is 5.17. The van der Waals surface area contributed by atoms with Crippen LogP contribution in [-0.2, 0) is 4.74 Å². The van der Waals surface area contributed by atoms with E-state index in [2.05, 4.69) is 52.7 Å². The number of benzene rings is 1. The van der Waals surface area contributed by atoms with E-state index in [9.17, 15) is 0 Å². The number of ether oxygens (including phenoxy) is 1. The highest BCUT2D eigenvalue weighted by Gasteiger charge is 2.56. The summed E-state index contributed by atoms with van der Waals surface area (Å²) in [6.07, 6.45) is 3.16. The molecule has 2 aromatic heterocycles. The van der Waals surface area contributed by atoms with E-state index < -0.39 is 0 Å². The second-order valence-electron chi connectivity index (χ2n) is 8.55. The molecule has 2 unspecified atom stereocenters. The number of methoxy groups -OCH3 is 1. The molecule has 2 atom stereocenters. The van der Waals surface area contributed by atoms with Crippen LogP contribution in [0, 0.1) is 11.8 Å². The number of hydrogen-bond acceptors (Lipinski definition) is 4. The number of piperidine rings is 1. The lowest BCUT2D eigenvalue weighted by Gasteiger charge is -2.18. The Labute approximate surface area is 165 Å². The number of imidazole rings is 1. The van der Waals surface area contributed by atoms with Crippen molar-refractivity contribution in [2.24, 2.45) is 11.8 Å². The highest BCUT2D eigenvalue weighted by Crippen LogP contribution is 2.57.